The van der Waals surface area contributed by atoms with Crippen molar-refractivity contribution in [2.24, 2.45) is 0 Å². The van der Waals surface area contributed by atoms with E-state index in [4.69, 9.17) is 59.7 Å². The molecule has 0 saturated carbocycles. The van der Waals surface area contributed by atoms with E-state index in [2.05, 4.69) is 148 Å². The van der Waals surface area contributed by atoms with Gasteiger partial charge in [-0.3, -0.25) is 14.4 Å². The number of carboxylic acids is 1. The molecule has 2 aromatic heterocycles. The maximum atomic E-state index is 12.9. The van der Waals surface area contributed by atoms with Gasteiger partial charge in [0.15, 0.2) is 17.2 Å². The average molecular weight is 2650 g/mol. The first-order valence-electron chi connectivity index (χ1n) is 42.6. The van der Waals surface area contributed by atoms with Gasteiger partial charge in [0, 0.05) is 103 Å². The van der Waals surface area contributed by atoms with Crippen LogP contribution in [0.5, 0.6) is 23.0 Å². The quantitative estimate of drug-likeness (QED) is 0.0168. The third-order valence-corrected chi connectivity index (χ3v) is 32.5. The van der Waals surface area contributed by atoms with Crippen LogP contribution in [0.2, 0.25) is 20.1 Å². The van der Waals surface area contributed by atoms with Gasteiger partial charge in [0.1, 0.15) is 69.9 Å². The standard InChI is InChI=1S/C24H25NO7S2.C20H3Br4Cl4O4.C19H10Br4O5S.C19H13NO2.C18H11NO2.2C2H6.3Na.H2O/c1-4-25(5-2)16-7-10-19-22(13-16)32-21-12-15(3)6-9-18(21)24(19)20-11-8-17(33(26,27)28)14-23(20)34(29,30)31;21-4-1-5-9(10-11(20(30)31)14(26)16(28)15(27)13(10)25)6-3-7(22)17(29)12(24)19(6)32-18(5)8(23)2-4;20-12-5-9(6-13(21)17(12)24)19(10-7-14(22)18(25)15(23)8-10)11-3-1-2-4-16(11)29(26,27)28-19;1-11-6-8-15-12(10-11)7-9-16(20-15)17-18(21)13-4-2-3-5-14(13)19(17)22;20-17-12-6-2-3-7-13(12)18(21)16(17)15-10-9-11-5-1-4-8-14(11)19-15;2*1-2;;;;/h6-14,24H,4-5H2,1-3H3,(H,26,27,28)(H,29,30,31);1,3H,(H,30,31);1-8,24-25H;2-10,21H,1H3;1-10,20H;2*1-2H3;;;;1H2/q;-1;;;;;;3*+1;/p-4. The molecular formula is C104H72Br8Cl4N3Na3O21S3-2. The summed E-state index contributed by atoms with van der Waals surface area (Å²) in [6, 6.07) is 68.2. The van der Waals surface area contributed by atoms with Crippen LogP contribution in [-0.4, -0.2) is 101 Å². The number of nitrogens with zero attached hydrogens (tertiary/aromatic N) is 3. The fourth-order valence-electron chi connectivity index (χ4n) is 16.5. The van der Waals surface area contributed by atoms with Gasteiger partial charge in [0.05, 0.1) is 91.8 Å². The number of Topliss-reactive ketones (excluding diaryl/α,β-unsaturated/α-hetero) is 2. The number of para-hydroxylation sites is 1. The number of ether oxygens (including phenoxy) is 1. The van der Waals surface area contributed by atoms with E-state index in [0.717, 1.165) is 57.8 Å². The van der Waals surface area contributed by atoms with E-state index in [0.29, 0.717) is 117 Å². The van der Waals surface area contributed by atoms with Crippen molar-refractivity contribution in [2.45, 2.75) is 81.6 Å². The Balaban J connectivity index is 0.000000186. The molecule has 24 nitrogen and oxygen atoms in total. The summed E-state index contributed by atoms with van der Waals surface area (Å²) in [4.78, 5) is 59.4. The summed E-state index contributed by atoms with van der Waals surface area (Å²) < 4.78 is 118. The number of carbonyl (C=O) groups is 3. The maximum absolute atomic E-state index is 12.9. The second-order valence-electron chi connectivity index (χ2n) is 31.2. The predicted molar refractivity (Wildman–Crippen MR) is 578 cm³/mol. The fourth-order valence-corrected chi connectivity index (χ4v) is 25.1. The van der Waals surface area contributed by atoms with E-state index in [-0.39, 0.29) is 207 Å². The third-order valence-electron chi connectivity index (χ3n) is 22.9. The van der Waals surface area contributed by atoms with Crippen LogP contribution < -0.4 is 109 Å². The van der Waals surface area contributed by atoms with E-state index in [1.54, 1.807) is 109 Å². The Morgan fingerprint density at radius 1 is 0.514 bits per heavy atom. The molecule has 5 N–H and O–H groups in total. The minimum absolute atomic E-state index is 0. The van der Waals surface area contributed by atoms with Crippen LogP contribution in [0, 0.1) is 19.9 Å². The summed E-state index contributed by atoms with van der Waals surface area (Å²) in [5, 5.41) is 54.8. The first-order valence-corrected chi connectivity index (χ1v) is 54.7. The van der Waals surface area contributed by atoms with E-state index in [1.165, 1.54) is 18.2 Å². The molecule has 1 unspecified atom stereocenters. The summed E-state index contributed by atoms with van der Waals surface area (Å²) in [6.45, 7) is 17.5. The number of ketones is 2. The molecule has 1 atom stereocenters. The number of fused-ring (bicyclic) bond motifs is 9. The number of rotatable bonds is 12. The fraction of sp³-hybridized carbons (Fsp3) is 0.115. The molecule has 0 saturated heterocycles. The number of carbonyl (C=O) groups excluding carboxylic acids is 3. The van der Waals surface area contributed by atoms with E-state index >= 15 is 0 Å². The molecule has 14 aromatic rings. The number of carboxylic acid groups (broad SMARTS) is 1. The Morgan fingerprint density at radius 2 is 0.986 bits per heavy atom. The van der Waals surface area contributed by atoms with Gasteiger partial charge in [-0.05, 0) is 242 Å². The van der Waals surface area contributed by atoms with Gasteiger partial charge in [-0.15, -0.1) is 6.07 Å². The molecule has 0 radical (unpaired) electrons. The van der Waals surface area contributed by atoms with Gasteiger partial charge in [0.2, 0.25) is 5.43 Å². The monoisotopic (exact) mass is 2630 g/mol. The zero-order chi connectivity index (χ0) is 103. The number of allylic oxidation sites excluding steroid dienone is 2. The number of pyridine rings is 2. The van der Waals surface area contributed by atoms with Crippen molar-refractivity contribution in [1.29, 1.82) is 0 Å². The second-order valence-corrected chi connectivity index (χ2v) is 43.6. The number of hydrogen-bond acceptors (Lipinski definition) is 24. The molecule has 5 heterocycles. The Labute approximate surface area is 993 Å². The van der Waals surface area contributed by atoms with Crippen molar-refractivity contribution in [3.05, 3.63) is 386 Å². The topological polar surface area (TPSA) is 411 Å². The number of aromatic carboxylic acids is 1. The Morgan fingerprint density at radius 3 is 1.51 bits per heavy atom. The number of aromatic nitrogens is 2. The van der Waals surface area contributed by atoms with E-state index in [9.17, 15) is 79.1 Å². The summed E-state index contributed by atoms with van der Waals surface area (Å²) in [5.41, 5.74) is 9.56. The number of benzene rings is 13. The molecule has 0 bridgehead atoms. The van der Waals surface area contributed by atoms with Gasteiger partial charge in [-0.1, -0.05) is 253 Å². The van der Waals surface area contributed by atoms with Crippen LogP contribution in [0.25, 0.3) is 77.9 Å². The number of anilines is 1. The van der Waals surface area contributed by atoms with Crippen LogP contribution in [0.15, 0.2) is 290 Å². The number of aryl methyl sites for hydroxylation is 2. The molecule has 146 heavy (non-hydrogen) atoms. The number of halogens is 12. The maximum Gasteiger partial charge on any atom is 1.00 e. The smallest absolute Gasteiger partial charge is 0.870 e. The van der Waals surface area contributed by atoms with Crippen LogP contribution in [-0.2, 0) is 40.1 Å². The first kappa shape index (κ1) is 121. The molecule has 20 rings (SSSR count). The SMILES string of the molecule is CC.CC.CCN(CC)c1ccc2c(c1)Oc1cc(C)ccc1C2c1ccc(S(=O)(=O)[O-])cc1S(=O)(=O)[O-].Cc1ccc2nc(C3=C(O)c4ccccc4C3=O)ccc2c1.O=C([O-])c1c(Cl)c(Cl)c(Cl)c(Cl)c1-c1c2cc(Br)c(=O)c(Br)c-2oc2c(Br)[c-]c(Br)cc12.O=C1C(c2ccc3ccccc3n2)=C(O)c2ccccc21.O=S1(=O)OC(c2cc(Br)c(O)c(Br)c2)(c2cc(Br)c(O)c(Br)c2)c2ccccc21.[Na+].[Na+].[Na+].[OH-]. The van der Waals surface area contributed by atoms with Crippen molar-refractivity contribution in [3.63, 3.8) is 0 Å². The van der Waals surface area contributed by atoms with Crippen LogP contribution in [0.3, 0.4) is 0 Å². The first-order chi connectivity index (χ1) is 67.4. The predicted octanol–water partition coefficient (Wildman–Crippen LogP) is 19.4. The molecule has 3 aliphatic carbocycles. The molecular weight excluding hydrogens is 2570 g/mol. The van der Waals surface area contributed by atoms with Crippen molar-refractivity contribution < 1.29 is 182 Å². The number of phenols is 2. The molecule has 736 valence electrons. The summed E-state index contributed by atoms with van der Waals surface area (Å²) in [7, 11) is -14.1. The molecule has 3 aliphatic heterocycles. The molecule has 12 aromatic carbocycles. The van der Waals surface area contributed by atoms with Crippen LogP contribution in [0.1, 0.15) is 146 Å². The van der Waals surface area contributed by atoms with Crippen molar-refractivity contribution in [2.75, 3.05) is 18.0 Å². The number of phenolic OH excluding ortho intramolecular Hbond substituents is 2. The second kappa shape index (κ2) is 49.8. The molecule has 42 heteroatoms. The Kier molecular flexibility index (Phi) is 41.2. The summed E-state index contributed by atoms with van der Waals surface area (Å²) in [5.74, 6) is -1.57. The van der Waals surface area contributed by atoms with Gasteiger partial charge >= 0.3 is 88.7 Å². The van der Waals surface area contributed by atoms with Gasteiger partial charge in [-0.2, -0.15) is 14.5 Å². The largest absolute Gasteiger partial charge is 1.00 e. The van der Waals surface area contributed by atoms with E-state index in [1.807, 2.05) is 146 Å². The molecule has 0 fully saturated rings. The van der Waals surface area contributed by atoms with Crippen molar-refractivity contribution >= 4 is 283 Å². The average Bonchev–Trinajstić information content (AvgIpc) is 1.61. The van der Waals surface area contributed by atoms with Gasteiger partial charge in [-0.25, -0.2) is 31.0 Å². The summed E-state index contributed by atoms with van der Waals surface area (Å²) >= 11 is 51.7. The molecule has 0 amide bonds. The minimum Gasteiger partial charge on any atom is -0.870 e. The van der Waals surface area contributed by atoms with Crippen molar-refractivity contribution in [3.8, 4) is 45.4 Å². The number of aliphatic hydroxyl groups is 2. The van der Waals surface area contributed by atoms with Gasteiger partial charge in [0.25, 0.3) is 10.1 Å². The molecule has 0 spiro atoms. The minimum atomic E-state index is -5.11. The van der Waals surface area contributed by atoms with Gasteiger partial charge < -0.3 is 59.0 Å². The van der Waals surface area contributed by atoms with Crippen LogP contribution in [0.4, 0.5) is 5.69 Å². The van der Waals surface area contributed by atoms with Crippen molar-refractivity contribution in [1.82, 2.24) is 9.97 Å². The number of aromatic hydroxyl groups is 2. The van der Waals surface area contributed by atoms with Crippen LogP contribution >= 0.6 is 174 Å². The van der Waals surface area contributed by atoms with E-state index < -0.39 is 63.2 Å². The normalized spacial score (nSPS) is 13.5. The zero-order valence-corrected chi connectivity index (χ0v) is 102. The number of hydrogen-bond donors (Lipinski definition) is 4. The Hall–Kier alpha value is -7.07. The molecule has 6 aliphatic rings. The zero-order valence-electron chi connectivity index (χ0n) is 78.3. The summed E-state index contributed by atoms with van der Waals surface area (Å²) in [6.07, 6.45) is 0. The Bertz CT molecular complexity index is 8340. The number of aliphatic hydroxyl groups excluding tert-OH is 2. The third kappa shape index (κ3) is 24.0.